The van der Waals surface area contributed by atoms with Gasteiger partial charge in [0.1, 0.15) is 5.65 Å². The highest BCUT2D eigenvalue weighted by atomic mass is 16.1. The maximum atomic E-state index is 13.6. The van der Waals surface area contributed by atoms with Gasteiger partial charge in [-0.05, 0) is 47.2 Å². The second-order valence-corrected chi connectivity index (χ2v) is 8.34. The Balaban J connectivity index is 1.53. The number of nitrogens with zero attached hydrogens (tertiary/aromatic N) is 3. The highest BCUT2D eigenvalue weighted by Gasteiger charge is 2.24. The maximum absolute atomic E-state index is 13.6. The zero-order valence-electron chi connectivity index (χ0n) is 17.9. The molecule has 4 heteroatoms. The summed E-state index contributed by atoms with van der Waals surface area (Å²) in [7, 11) is 0. The zero-order chi connectivity index (χ0) is 21.2. The summed E-state index contributed by atoms with van der Waals surface area (Å²) in [5, 5.41) is 1.11. The molecule has 5 rings (SSSR count). The third-order valence-electron chi connectivity index (χ3n) is 6.28. The Labute approximate surface area is 182 Å². The minimum absolute atomic E-state index is 0.0945. The number of fused-ring (bicyclic) bond motifs is 3. The Kier molecular flexibility index (Phi) is 5.39. The summed E-state index contributed by atoms with van der Waals surface area (Å²) in [6, 6.07) is 23.0. The SMILES string of the molecule is CCc1cccc(CN2CCc3c(c(=O)n(Cc4ccccc4)c4ncccc34)C2)c1. The van der Waals surface area contributed by atoms with Crippen molar-refractivity contribution in [3.8, 4) is 0 Å². The van der Waals surface area contributed by atoms with Crippen molar-refractivity contribution < 1.29 is 0 Å². The highest BCUT2D eigenvalue weighted by Crippen LogP contribution is 2.25. The molecule has 31 heavy (non-hydrogen) atoms. The van der Waals surface area contributed by atoms with E-state index in [2.05, 4.69) is 59.3 Å². The molecule has 0 spiro atoms. The molecule has 0 unspecified atom stereocenters. The molecule has 1 aliphatic rings. The van der Waals surface area contributed by atoms with Crippen LogP contribution >= 0.6 is 0 Å². The predicted octanol–water partition coefficient (Wildman–Crippen LogP) is 4.57. The standard InChI is InChI=1S/C27H27N3O/c1-2-20-10-6-11-22(16-20)17-29-15-13-23-24-12-7-14-28-26(24)30(27(31)25(23)19-29)18-21-8-4-3-5-9-21/h3-12,14,16H,2,13,15,17-19H2,1H3. The topological polar surface area (TPSA) is 38.1 Å². The second kappa shape index (κ2) is 8.48. The first-order valence-electron chi connectivity index (χ1n) is 11.1. The van der Waals surface area contributed by atoms with E-state index in [1.807, 2.05) is 28.8 Å². The number of hydrogen-bond acceptors (Lipinski definition) is 3. The lowest BCUT2D eigenvalue weighted by Crippen LogP contribution is -2.37. The summed E-state index contributed by atoms with van der Waals surface area (Å²) < 4.78 is 1.85. The predicted molar refractivity (Wildman–Crippen MR) is 125 cm³/mol. The van der Waals surface area contributed by atoms with Crippen LogP contribution in [0.25, 0.3) is 11.0 Å². The summed E-state index contributed by atoms with van der Waals surface area (Å²) >= 11 is 0. The molecule has 0 amide bonds. The van der Waals surface area contributed by atoms with Crippen LogP contribution in [-0.2, 0) is 32.5 Å². The van der Waals surface area contributed by atoms with Gasteiger partial charge in [0.2, 0.25) is 0 Å². The average Bonchev–Trinajstić information content (AvgIpc) is 2.82. The number of aromatic nitrogens is 2. The summed E-state index contributed by atoms with van der Waals surface area (Å²) in [5.74, 6) is 0. The van der Waals surface area contributed by atoms with Crippen LogP contribution in [-0.4, -0.2) is 21.0 Å². The molecule has 1 aliphatic heterocycles. The summed E-state index contributed by atoms with van der Waals surface area (Å²) in [6.45, 7) is 5.24. The van der Waals surface area contributed by atoms with E-state index in [9.17, 15) is 4.79 Å². The molecule has 0 aliphatic carbocycles. The molecule has 4 nitrogen and oxygen atoms in total. The van der Waals surface area contributed by atoms with Crippen LogP contribution in [0.3, 0.4) is 0 Å². The fourth-order valence-electron chi connectivity index (χ4n) is 4.67. The molecule has 2 aromatic carbocycles. The zero-order valence-corrected chi connectivity index (χ0v) is 17.9. The van der Waals surface area contributed by atoms with E-state index in [0.29, 0.717) is 13.1 Å². The summed E-state index contributed by atoms with van der Waals surface area (Å²) in [6.07, 6.45) is 3.71. The first kappa shape index (κ1) is 19.7. The average molecular weight is 410 g/mol. The van der Waals surface area contributed by atoms with Crippen molar-refractivity contribution in [3.63, 3.8) is 0 Å². The third kappa shape index (κ3) is 3.91. The molecule has 0 bridgehead atoms. The van der Waals surface area contributed by atoms with Gasteiger partial charge >= 0.3 is 0 Å². The van der Waals surface area contributed by atoms with E-state index < -0.39 is 0 Å². The van der Waals surface area contributed by atoms with Crippen molar-refractivity contribution in [2.45, 2.75) is 39.4 Å². The van der Waals surface area contributed by atoms with Gasteiger partial charge in [0.05, 0.1) is 6.54 Å². The molecule has 4 aromatic rings. The molecular formula is C27H27N3O. The van der Waals surface area contributed by atoms with E-state index >= 15 is 0 Å². The summed E-state index contributed by atoms with van der Waals surface area (Å²) in [4.78, 5) is 20.6. The number of benzene rings is 2. The van der Waals surface area contributed by atoms with Crippen molar-refractivity contribution in [2.75, 3.05) is 6.54 Å². The molecule has 0 saturated heterocycles. The number of hydrogen-bond donors (Lipinski definition) is 0. The Bertz CT molecular complexity index is 1280. The first-order valence-corrected chi connectivity index (χ1v) is 11.1. The van der Waals surface area contributed by atoms with Gasteiger partial charge in [-0.1, -0.05) is 61.5 Å². The fraction of sp³-hybridized carbons (Fsp3) is 0.259. The first-order chi connectivity index (χ1) is 15.2. The lowest BCUT2D eigenvalue weighted by molar-refractivity contribution is 0.244. The van der Waals surface area contributed by atoms with Crippen molar-refractivity contribution in [1.82, 2.24) is 14.5 Å². The molecule has 0 fully saturated rings. The lowest BCUT2D eigenvalue weighted by Gasteiger charge is -2.30. The smallest absolute Gasteiger partial charge is 0.257 e. The van der Waals surface area contributed by atoms with E-state index in [1.54, 1.807) is 6.20 Å². The van der Waals surface area contributed by atoms with E-state index in [-0.39, 0.29) is 5.56 Å². The van der Waals surface area contributed by atoms with Crippen molar-refractivity contribution in [2.24, 2.45) is 0 Å². The highest BCUT2D eigenvalue weighted by molar-refractivity contribution is 5.80. The number of pyridine rings is 2. The van der Waals surface area contributed by atoms with Crippen LogP contribution in [0, 0.1) is 0 Å². The van der Waals surface area contributed by atoms with Gasteiger partial charge < -0.3 is 0 Å². The molecule has 156 valence electrons. The van der Waals surface area contributed by atoms with Crippen LogP contribution in [0.1, 0.15) is 34.7 Å². The molecular weight excluding hydrogens is 382 g/mol. The van der Waals surface area contributed by atoms with E-state index in [0.717, 1.165) is 48.1 Å². The van der Waals surface area contributed by atoms with Gasteiger partial charge in [0, 0.05) is 36.8 Å². The molecule has 0 N–H and O–H groups in total. The normalized spacial score (nSPS) is 14.0. The molecule has 2 aromatic heterocycles. The maximum Gasteiger partial charge on any atom is 0.257 e. The molecule has 0 saturated carbocycles. The van der Waals surface area contributed by atoms with Gasteiger partial charge in [-0.15, -0.1) is 0 Å². The van der Waals surface area contributed by atoms with Crippen molar-refractivity contribution in [1.29, 1.82) is 0 Å². The number of rotatable bonds is 5. The van der Waals surface area contributed by atoms with E-state index in [1.165, 1.54) is 16.7 Å². The van der Waals surface area contributed by atoms with Crippen LogP contribution in [0.5, 0.6) is 0 Å². The Morgan fingerprint density at radius 2 is 1.68 bits per heavy atom. The largest absolute Gasteiger partial charge is 0.294 e. The van der Waals surface area contributed by atoms with E-state index in [4.69, 9.17) is 0 Å². The lowest BCUT2D eigenvalue weighted by atomic mass is 9.96. The Morgan fingerprint density at radius 1 is 0.871 bits per heavy atom. The van der Waals surface area contributed by atoms with Gasteiger partial charge in [-0.3, -0.25) is 14.3 Å². The van der Waals surface area contributed by atoms with Gasteiger partial charge in [0.25, 0.3) is 5.56 Å². The van der Waals surface area contributed by atoms with Gasteiger partial charge in [-0.2, -0.15) is 0 Å². The minimum atomic E-state index is 0.0945. The quantitative estimate of drug-likeness (QED) is 0.485. The third-order valence-corrected chi connectivity index (χ3v) is 6.28. The molecule has 0 radical (unpaired) electrons. The van der Waals surface area contributed by atoms with Crippen LogP contribution in [0.15, 0.2) is 77.7 Å². The number of aryl methyl sites for hydroxylation is 1. The Morgan fingerprint density at radius 3 is 2.52 bits per heavy atom. The monoisotopic (exact) mass is 409 g/mol. The van der Waals surface area contributed by atoms with Gasteiger partial charge in [0.15, 0.2) is 0 Å². The fourth-order valence-corrected chi connectivity index (χ4v) is 4.67. The van der Waals surface area contributed by atoms with Crippen LogP contribution in [0.2, 0.25) is 0 Å². The van der Waals surface area contributed by atoms with Crippen LogP contribution < -0.4 is 5.56 Å². The van der Waals surface area contributed by atoms with Crippen molar-refractivity contribution >= 4 is 11.0 Å². The summed E-state index contributed by atoms with van der Waals surface area (Å²) in [5.41, 5.74) is 6.77. The molecule has 3 heterocycles. The minimum Gasteiger partial charge on any atom is -0.294 e. The van der Waals surface area contributed by atoms with Crippen molar-refractivity contribution in [3.05, 3.63) is 111 Å². The Hall–Kier alpha value is -3.24. The molecule has 0 atom stereocenters. The van der Waals surface area contributed by atoms with Crippen LogP contribution in [0.4, 0.5) is 0 Å². The second-order valence-electron chi connectivity index (χ2n) is 8.34. The van der Waals surface area contributed by atoms with Gasteiger partial charge in [-0.25, -0.2) is 4.98 Å².